The molecule has 0 bridgehead atoms. The minimum atomic E-state index is -0.400. The number of nitrogens with zero attached hydrogens (tertiary/aromatic N) is 2. The van der Waals surface area contributed by atoms with E-state index in [1.165, 1.54) is 60.8 Å². The van der Waals surface area contributed by atoms with Gasteiger partial charge in [-0.15, -0.1) is 0 Å². The van der Waals surface area contributed by atoms with Crippen molar-refractivity contribution in [1.29, 1.82) is 0 Å². The molecule has 0 saturated heterocycles. The second kappa shape index (κ2) is 11.6. The van der Waals surface area contributed by atoms with Crippen molar-refractivity contribution >= 4 is 10.8 Å². The first-order chi connectivity index (χ1) is 26.3. The molecule has 0 unspecified atom stereocenters. The van der Waals surface area contributed by atoms with E-state index < -0.39 is 5.41 Å². The summed E-state index contributed by atoms with van der Waals surface area (Å²) < 4.78 is 0. The standard InChI is InChI=1S/C51H32N2/c1-2-15-34(16-3-1)50-52-48(37-27-26-33-14-4-5-17-35(33)30-37)32-49(53-50)43-22-7-6-18-38(43)36-28-29-42-41-21-10-13-25-46(41)51(47(42)31-36)44-23-11-8-19-39(44)40-20-9-12-24-45(40)51/h1-32H. The van der Waals surface area contributed by atoms with Gasteiger partial charge in [0.15, 0.2) is 5.82 Å². The molecule has 0 saturated carbocycles. The van der Waals surface area contributed by atoms with Crippen LogP contribution in [-0.4, -0.2) is 9.97 Å². The quantitative estimate of drug-likeness (QED) is 0.186. The van der Waals surface area contributed by atoms with E-state index in [4.69, 9.17) is 9.97 Å². The molecule has 0 atom stereocenters. The highest BCUT2D eigenvalue weighted by Gasteiger charge is 2.51. The van der Waals surface area contributed by atoms with Crippen LogP contribution in [0.3, 0.4) is 0 Å². The molecule has 2 aliphatic rings. The maximum atomic E-state index is 5.27. The van der Waals surface area contributed by atoms with E-state index in [1.807, 2.05) is 18.2 Å². The molecule has 2 nitrogen and oxygen atoms in total. The van der Waals surface area contributed by atoms with Crippen LogP contribution in [0.1, 0.15) is 22.3 Å². The van der Waals surface area contributed by atoms with Crippen molar-refractivity contribution in [3.63, 3.8) is 0 Å². The van der Waals surface area contributed by atoms with Gasteiger partial charge < -0.3 is 0 Å². The van der Waals surface area contributed by atoms with Gasteiger partial charge in [-0.05, 0) is 84.6 Å². The normalized spacial score (nSPS) is 13.1. The summed E-state index contributed by atoms with van der Waals surface area (Å²) in [5, 5.41) is 2.40. The maximum absolute atomic E-state index is 5.27. The third-order valence-electron chi connectivity index (χ3n) is 11.3. The van der Waals surface area contributed by atoms with Crippen LogP contribution in [0.25, 0.3) is 78.1 Å². The third-order valence-corrected chi connectivity index (χ3v) is 11.3. The molecule has 8 aromatic carbocycles. The Balaban J connectivity index is 1.13. The van der Waals surface area contributed by atoms with E-state index in [-0.39, 0.29) is 0 Å². The Bertz CT molecular complexity index is 2840. The number of rotatable bonds is 4. The summed E-state index contributed by atoms with van der Waals surface area (Å²) in [7, 11) is 0. The molecule has 1 aromatic heterocycles. The molecule has 246 valence electrons. The van der Waals surface area contributed by atoms with Crippen molar-refractivity contribution in [1.82, 2.24) is 9.97 Å². The summed E-state index contributed by atoms with van der Waals surface area (Å²) in [5.41, 5.74) is 17.4. The summed E-state index contributed by atoms with van der Waals surface area (Å²) in [6.07, 6.45) is 0. The zero-order chi connectivity index (χ0) is 34.9. The van der Waals surface area contributed by atoms with Crippen molar-refractivity contribution in [2.75, 3.05) is 0 Å². The van der Waals surface area contributed by atoms with Gasteiger partial charge in [0, 0.05) is 16.7 Å². The second-order valence-corrected chi connectivity index (χ2v) is 14.1. The first-order valence-corrected chi connectivity index (χ1v) is 18.2. The minimum absolute atomic E-state index is 0.400. The van der Waals surface area contributed by atoms with Gasteiger partial charge in [-0.25, -0.2) is 9.97 Å². The zero-order valence-electron chi connectivity index (χ0n) is 28.9. The number of hydrogen-bond donors (Lipinski definition) is 0. The number of aromatic nitrogens is 2. The largest absolute Gasteiger partial charge is 0.228 e. The number of fused-ring (bicyclic) bond motifs is 11. The topological polar surface area (TPSA) is 25.8 Å². The van der Waals surface area contributed by atoms with Crippen LogP contribution < -0.4 is 0 Å². The van der Waals surface area contributed by atoms with Gasteiger partial charge in [-0.1, -0.05) is 176 Å². The molecule has 0 N–H and O–H groups in total. The van der Waals surface area contributed by atoms with Crippen molar-refractivity contribution < 1.29 is 0 Å². The van der Waals surface area contributed by atoms with Crippen LogP contribution in [0, 0.1) is 0 Å². The van der Waals surface area contributed by atoms with Gasteiger partial charge in [-0.3, -0.25) is 0 Å². The van der Waals surface area contributed by atoms with Crippen molar-refractivity contribution in [3.05, 3.63) is 216 Å². The lowest BCUT2D eigenvalue weighted by Crippen LogP contribution is -2.25. The summed E-state index contributed by atoms with van der Waals surface area (Å²) in [6, 6.07) is 70.3. The molecule has 2 aliphatic carbocycles. The SMILES string of the molecule is c1ccc(-c2nc(-c3ccc4ccccc4c3)cc(-c3ccccc3-c3ccc4c(c3)C3(c5ccccc5-c5ccccc53)c3ccccc3-4)n2)cc1. The number of hydrogen-bond acceptors (Lipinski definition) is 2. The van der Waals surface area contributed by atoms with Gasteiger partial charge in [0.1, 0.15) is 0 Å². The molecular weight excluding hydrogens is 641 g/mol. The van der Waals surface area contributed by atoms with Crippen LogP contribution in [0.15, 0.2) is 194 Å². The van der Waals surface area contributed by atoms with E-state index in [0.29, 0.717) is 5.82 Å². The second-order valence-electron chi connectivity index (χ2n) is 14.1. The van der Waals surface area contributed by atoms with Crippen molar-refractivity contribution in [2.45, 2.75) is 5.41 Å². The first-order valence-electron chi connectivity index (χ1n) is 18.2. The Hall–Kier alpha value is -6.90. The summed E-state index contributed by atoms with van der Waals surface area (Å²) in [5.74, 6) is 0.712. The molecule has 9 aromatic rings. The summed E-state index contributed by atoms with van der Waals surface area (Å²) in [6.45, 7) is 0. The smallest absolute Gasteiger partial charge is 0.160 e. The fraction of sp³-hybridized carbons (Fsp3) is 0.0196. The zero-order valence-corrected chi connectivity index (χ0v) is 28.9. The minimum Gasteiger partial charge on any atom is -0.228 e. The van der Waals surface area contributed by atoms with E-state index in [0.717, 1.165) is 33.6 Å². The van der Waals surface area contributed by atoms with Crippen molar-refractivity contribution in [3.8, 4) is 67.3 Å². The summed E-state index contributed by atoms with van der Waals surface area (Å²) in [4.78, 5) is 10.4. The van der Waals surface area contributed by atoms with Gasteiger partial charge >= 0.3 is 0 Å². The van der Waals surface area contributed by atoms with Crippen LogP contribution in [-0.2, 0) is 5.41 Å². The lowest BCUT2D eigenvalue weighted by Gasteiger charge is -2.30. The van der Waals surface area contributed by atoms with E-state index in [1.54, 1.807) is 0 Å². The monoisotopic (exact) mass is 672 g/mol. The van der Waals surface area contributed by atoms with Gasteiger partial charge in [0.25, 0.3) is 0 Å². The highest BCUT2D eigenvalue weighted by Crippen LogP contribution is 2.63. The maximum Gasteiger partial charge on any atom is 0.160 e. The highest BCUT2D eigenvalue weighted by atomic mass is 14.9. The number of benzene rings is 8. The van der Waals surface area contributed by atoms with Crippen LogP contribution in [0.5, 0.6) is 0 Å². The fourth-order valence-corrected chi connectivity index (χ4v) is 9.02. The average Bonchev–Trinajstić information content (AvgIpc) is 3.71. The predicted molar refractivity (Wildman–Crippen MR) is 218 cm³/mol. The average molecular weight is 673 g/mol. The van der Waals surface area contributed by atoms with E-state index in [2.05, 4.69) is 176 Å². The lowest BCUT2D eigenvalue weighted by molar-refractivity contribution is 0.794. The Morgan fingerprint density at radius 3 is 1.47 bits per heavy atom. The van der Waals surface area contributed by atoms with E-state index in [9.17, 15) is 0 Å². The van der Waals surface area contributed by atoms with Gasteiger partial charge in [-0.2, -0.15) is 0 Å². The Morgan fingerprint density at radius 1 is 0.283 bits per heavy atom. The molecule has 0 amide bonds. The molecule has 0 radical (unpaired) electrons. The first kappa shape index (κ1) is 29.8. The molecule has 2 heteroatoms. The van der Waals surface area contributed by atoms with Crippen LogP contribution in [0.2, 0.25) is 0 Å². The Kier molecular flexibility index (Phi) is 6.50. The third kappa shape index (κ3) is 4.39. The molecule has 11 rings (SSSR count). The van der Waals surface area contributed by atoms with Gasteiger partial charge in [0.05, 0.1) is 16.8 Å². The Morgan fingerprint density at radius 2 is 0.792 bits per heavy atom. The Labute approximate surface area is 308 Å². The molecule has 0 fully saturated rings. The highest BCUT2D eigenvalue weighted by molar-refractivity contribution is 5.97. The molecule has 1 spiro atoms. The molecule has 1 heterocycles. The lowest BCUT2D eigenvalue weighted by atomic mass is 9.70. The molecule has 53 heavy (non-hydrogen) atoms. The van der Waals surface area contributed by atoms with Crippen molar-refractivity contribution in [2.24, 2.45) is 0 Å². The van der Waals surface area contributed by atoms with Gasteiger partial charge in [0.2, 0.25) is 0 Å². The molecular formula is C51H32N2. The summed E-state index contributed by atoms with van der Waals surface area (Å²) >= 11 is 0. The fourth-order valence-electron chi connectivity index (χ4n) is 9.02. The van der Waals surface area contributed by atoms with E-state index >= 15 is 0 Å². The molecule has 0 aliphatic heterocycles. The van der Waals surface area contributed by atoms with Crippen LogP contribution >= 0.6 is 0 Å². The van der Waals surface area contributed by atoms with Crippen LogP contribution in [0.4, 0.5) is 0 Å². The predicted octanol–water partition coefficient (Wildman–Crippen LogP) is 12.6.